The summed E-state index contributed by atoms with van der Waals surface area (Å²) in [7, 11) is -3.86. The summed E-state index contributed by atoms with van der Waals surface area (Å²) >= 11 is 5.92. The average molecular weight is 398 g/mol. The number of benzene rings is 2. The van der Waals surface area contributed by atoms with E-state index in [9.17, 15) is 18.5 Å². The molecule has 2 aromatic carbocycles. The van der Waals surface area contributed by atoms with Gasteiger partial charge in [0.1, 0.15) is 5.69 Å². The monoisotopic (exact) mass is 397 g/mol. The SMILES string of the molecule is CC(C)(C)NS(=O)(=O)c1ccc(NCc2cccc(Cl)c2)c([N+](=O)[O-])c1. The lowest BCUT2D eigenvalue weighted by Crippen LogP contribution is -2.40. The molecule has 26 heavy (non-hydrogen) atoms. The van der Waals surface area contributed by atoms with Crippen LogP contribution >= 0.6 is 11.6 Å². The normalized spacial score (nSPS) is 12.0. The van der Waals surface area contributed by atoms with Gasteiger partial charge in [0.2, 0.25) is 10.0 Å². The largest absolute Gasteiger partial charge is 0.375 e. The van der Waals surface area contributed by atoms with Gasteiger partial charge in [-0.2, -0.15) is 0 Å². The molecule has 0 spiro atoms. The van der Waals surface area contributed by atoms with Crippen molar-refractivity contribution in [3.8, 4) is 0 Å². The van der Waals surface area contributed by atoms with E-state index in [2.05, 4.69) is 10.0 Å². The number of anilines is 1. The molecule has 0 bridgehead atoms. The van der Waals surface area contributed by atoms with Crippen LogP contribution in [0.2, 0.25) is 5.02 Å². The van der Waals surface area contributed by atoms with Crippen LogP contribution in [0.25, 0.3) is 0 Å². The van der Waals surface area contributed by atoms with Gasteiger partial charge in [0.25, 0.3) is 5.69 Å². The zero-order valence-corrected chi connectivity index (χ0v) is 16.2. The molecule has 2 aromatic rings. The molecule has 0 saturated heterocycles. The predicted octanol–water partition coefficient (Wildman–Crippen LogP) is 3.94. The summed E-state index contributed by atoms with van der Waals surface area (Å²) in [5.41, 5.74) is 0.0586. The van der Waals surface area contributed by atoms with Crippen molar-refractivity contribution < 1.29 is 13.3 Å². The van der Waals surface area contributed by atoms with Crippen molar-refractivity contribution in [2.24, 2.45) is 0 Å². The van der Waals surface area contributed by atoms with Gasteiger partial charge in [-0.05, 0) is 50.6 Å². The van der Waals surface area contributed by atoms with Crippen LogP contribution in [-0.4, -0.2) is 18.9 Å². The van der Waals surface area contributed by atoms with E-state index in [1.807, 2.05) is 6.07 Å². The maximum absolute atomic E-state index is 12.4. The second-order valence-corrected chi connectivity index (χ2v) is 8.89. The number of rotatable bonds is 6. The second kappa shape index (κ2) is 7.61. The highest BCUT2D eigenvalue weighted by atomic mass is 35.5. The number of halogens is 1. The molecule has 0 unspecified atom stereocenters. The molecule has 2 N–H and O–H groups in total. The minimum atomic E-state index is -3.86. The first-order valence-corrected chi connectivity index (χ1v) is 9.65. The standard InChI is InChI=1S/C17H20ClN3O4S/c1-17(2,3)20-26(24,25)14-7-8-15(16(10-14)21(22)23)19-11-12-5-4-6-13(18)9-12/h4-10,19-20H,11H2,1-3H3. The Bertz CT molecular complexity index is 924. The van der Waals surface area contributed by atoms with Crippen molar-refractivity contribution in [3.63, 3.8) is 0 Å². The Morgan fingerprint density at radius 2 is 1.85 bits per heavy atom. The van der Waals surface area contributed by atoms with Gasteiger partial charge in [0, 0.05) is 23.2 Å². The number of hydrogen-bond donors (Lipinski definition) is 2. The summed E-state index contributed by atoms with van der Waals surface area (Å²) in [6.07, 6.45) is 0. The molecule has 0 radical (unpaired) electrons. The number of sulfonamides is 1. The topological polar surface area (TPSA) is 101 Å². The van der Waals surface area contributed by atoms with E-state index in [4.69, 9.17) is 11.6 Å². The maximum atomic E-state index is 12.4. The molecular formula is C17H20ClN3O4S. The van der Waals surface area contributed by atoms with Gasteiger partial charge in [-0.15, -0.1) is 0 Å². The van der Waals surface area contributed by atoms with Crippen molar-refractivity contribution in [1.82, 2.24) is 4.72 Å². The molecule has 0 aliphatic rings. The third-order valence-electron chi connectivity index (χ3n) is 3.29. The summed E-state index contributed by atoms with van der Waals surface area (Å²) in [5, 5.41) is 14.9. The molecule has 7 nitrogen and oxygen atoms in total. The van der Waals surface area contributed by atoms with Crippen LogP contribution < -0.4 is 10.0 Å². The molecule has 0 amide bonds. The van der Waals surface area contributed by atoms with E-state index in [0.717, 1.165) is 11.6 Å². The van der Waals surface area contributed by atoms with Gasteiger partial charge >= 0.3 is 0 Å². The lowest BCUT2D eigenvalue weighted by molar-refractivity contribution is -0.384. The van der Waals surface area contributed by atoms with E-state index >= 15 is 0 Å². The Hall–Kier alpha value is -2.16. The van der Waals surface area contributed by atoms with Gasteiger partial charge in [-0.25, -0.2) is 13.1 Å². The second-order valence-electron chi connectivity index (χ2n) is 6.78. The highest BCUT2D eigenvalue weighted by molar-refractivity contribution is 7.89. The molecule has 0 saturated carbocycles. The van der Waals surface area contributed by atoms with Crippen LogP contribution in [0.5, 0.6) is 0 Å². The molecule has 0 fully saturated rings. The van der Waals surface area contributed by atoms with Crippen molar-refractivity contribution in [1.29, 1.82) is 0 Å². The predicted molar refractivity (Wildman–Crippen MR) is 102 cm³/mol. The molecule has 140 valence electrons. The van der Waals surface area contributed by atoms with Gasteiger partial charge in [-0.3, -0.25) is 10.1 Å². The quantitative estimate of drug-likeness (QED) is 0.567. The van der Waals surface area contributed by atoms with Gasteiger partial charge in [0.15, 0.2) is 0 Å². The van der Waals surface area contributed by atoms with Crippen molar-refractivity contribution in [3.05, 3.63) is 63.2 Å². The minimum Gasteiger partial charge on any atom is -0.375 e. The number of nitro benzene ring substituents is 1. The van der Waals surface area contributed by atoms with Crippen LogP contribution in [0.3, 0.4) is 0 Å². The molecule has 0 heterocycles. The molecule has 2 rings (SSSR count). The van der Waals surface area contributed by atoms with Gasteiger partial charge < -0.3 is 5.32 Å². The van der Waals surface area contributed by atoms with E-state index in [1.165, 1.54) is 12.1 Å². The third-order valence-corrected chi connectivity index (χ3v) is 5.28. The molecule has 9 heteroatoms. The first-order chi connectivity index (χ1) is 12.0. The van der Waals surface area contributed by atoms with Gasteiger partial charge in [0.05, 0.1) is 9.82 Å². The summed E-state index contributed by atoms with van der Waals surface area (Å²) in [5.74, 6) is 0. The summed E-state index contributed by atoms with van der Waals surface area (Å²) in [4.78, 5) is 10.6. The van der Waals surface area contributed by atoms with E-state index < -0.39 is 20.5 Å². The lowest BCUT2D eigenvalue weighted by Gasteiger charge is -2.20. The van der Waals surface area contributed by atoms with Crippen molar-refractivity contribution >= 4 is 33.0 Å². The van der Waals surface area contributed by atoms with Crippen LogP contribution in [0.1, 0.15) is 26.3 Å². The summed E-state index contributed by atoms with van der Waals surface area (Å²) < 4.78 is 27.2. The number of nitrogens with one attached hydrogen (secondary N) is 2. The molecule has 0 atom stereocenters. The van der Waals surface area contributed by atoms with Crippen LogP contribution in [0.15, 0.2) is 47.4 Å². The number of hydrogen-bond acceptors (Lipinski definition) is 5. The Morgan fingerprint density at radius 1 is 1.15 bits per heavy atom. The maximum Gasteiger partial charge on any atom is 0.293 e. The Kier molecular flexibility index (Phi) is 5.90. The Labute approximate surface area is 157 Å². The Morgan fingerprint density at radius 3 is 2.42 bits per heavy atom. The highest BCUT2D eigenvalue weighted by Gasteiger charge is 2.25. The Balaban J connectivity index is 2.30. The van der Waals surface area contributed by atoms with Crippen molar-refractivity contribution in [2.45, 2.75) is 37.8 Å². The van der Waals surface area contributed by atoms with E-state index in [1.54, 1.807) is 39.0 Å². The van der Waals surface area contributed by atoms with E-state index in [-0.39, 0.29) is 16.3 Å². The smallest absolute Gasteiger partial charge is 0.293 e. The fraction of sp³-hybridized carbons (Fsp3) is 0.294. The van der Waals surface area contributed by atoms with Crippen molar-refractivity contribution in [2.75, 3.05) is 5.32 Å². The summed E-state index contributed by atoms with van der Waals surface area (Å²) in [6, 6.07) is 10.9. The number of nitrogens with zero attached hydrogens (tertiary/aromatic N) is 1. The van der Waals surface area contributed by atoms with E-state index in [0.29, 0.717) is 11.6 Å². The highest BCUT2D eigenvalue weighted by Crippen LogP contribution is 2.28. The fourth-order valence-electron chi connectivity index (χ4n) is 2.29. The third kappa shape index (κ3) is 5.42. The fourth-order valence-corrected chi connectivity index (χ4v) is 3.94. The number of nitro groups is 1. The lowest BCUT2D eigenvalue weighted by atomic mass is 10.1. The van der Waals surface area contributed by atoms with Crippen LogP contribution in [0.4, 0.5) is 11.4 Å². The minimum absolute atomic E-state index is 0.160. The molecule has 0 aliphatic carbocycles. The van der Waals surface area contributed by atoms with Gasteiger partial charge in [-0.1, -0.05) is 23.7 Å². The first-order valence-electron chi connectivity index (χ1n) is 7.79. The van der Waals surface area contributed by atoms with Crippen LogP contribution in [0, 0.1) is 10.1 Å². The summed E-state index contributed by atoms with van der Waals surface area (Å²) in [6.45, 7) is 5.40. The molecule has 0 aliphatic heterocycles. The first kappa shape index (κ1) is 20.2. The molecular weight excluding hydrogens is 378 g/mol. The molecule has 0 aromatic heterocycles. The van der Waals surface area contributed by atoms with Crippen LogP contribution in [-0.2, 0) is 16.6 Å². The zero-order valence-electron chi connectivity index (χ0n) is 14.6. The average Bonchev–Trinajstić information content (AvgIpc) is 2.50. The zero-order chi connectivity index (χ0) is 19.5.